The molecule has 1 rings (SSSR count). The monoisotopic (exact) mass is 567 g/mol. The fraction of sp³-hybridized carbons (Fsp3) is 0.500. The van der Waals surface area contributed by atoms with Gasteiger partial charge in [-0.1, -0.05) is 30.3 Å². The smallest absolute Gasteiger partial charge is 0.326 e. The number of thioether (sulfide) groups is 1. The van der Waals surface area contributed by atoms with E-state index in [-0.39, 0.29) is 38.2 Å². The largest absolute Gasteiger partial charge is 0.481 e. The summed E-state index contributed by atoms with van der Waals surface area (Å²) in [5.74, 6) is -4.89. The van der Waals surface area contributed by atoms with Crippen LogP contribution in [0, 0.1) is 0 Å². The van der Waals surface area contributed by atoms with Gasteiger partial charge in [0.05, 0.1) is 12.5 Å². The SMILES string of the molecule is CSCCC(NC(=O)C(CC(=O)O)NC(=O)C(CCCN=C(N)N)NC(=O)C(N)Cc1ccccc1)C(=O)O. The second-order valence-electron chi connectivity index (χ2n) is 8.65. The van der Waals surface area contributed by atoms with Crippen molar-refractivity contribution in [2.75, 3.05) is 18.6 Å². The number of hydrogen-bond acceptors (Lipinski definition) is 8. The molecule has 3 amide bonds. The molecule has 0 bridgehead atoms. The van der Waals surface area contributed by atoms with Gasteiger partial charge in [-0.2, -0.15) is 11.8 Å². The van der Waals surface area contributed by atoms with Crippen LogP contribution in [0.1, 0.15) is 31.2 Å². The minimum absolute atomic E-state index is 0.0410. The lowest BCUT2D eigenvalue weighted by atomic mass is 10.0. The van der Waals surface area contributed by atoms with E-state index in [4.69, 9.17) is 17.2 Å². The van der Waals surface area contributed by atoms with E-state index in [2.05, 4.69) is 20.9 Å². The molecule has 14 nitrogen and oxygen atoms in total. The van der Waals surface area contributed by atoms with Gasteiger partial charge in [0.25, 0.3) is 0 Å². The molecule has 15 heteroatoms. The van der Waals surface area contributed by atoms with Crippen molar-refractivity contribution in [2.24, 2.45) is 22.2 Å². The van der Waals surface area contributed by atoms with Crippen molar-refractivity contribution < 1.29 is 34.2 Å². The van der Waals surface area contributed by atoms with Gasteiger partial charge in [0, 0.05) is 6.54 Å². The van der Waals surface area contributed by atoms with Crippen LogP contribution in [0.15, 0.2) is 35.3 Å². The molecule has 1 aromatic carbocycles. The number of benzene rings is 1. The van der Waals surface area contributed by atoms with Crippen molar-refractivity contribution in [3.63, 3.8) is 0 Å². The van der Waals surface area contributed by atoms with Crippen LogP contribution in [0.25, 0.3) is 0 Å². The van der Waals surface area contributed by atoms with Gasteiger partial charge < -0.3 is 43.4 Å². The van der Waals surface area contributed by atoms with Gasteiger partial charge in [-0.15, -0.1) is 0 Å². The Morgan fingerprint density at radius 2 is 1.49 bits per heavy atom. The summed E-state index contributed by atoms with van der Waals surface area (Å²) in [6, 6.07) is 3.93. The molecular formula is C24H37N7O7S. The fourth-order valence-corrected chi connectivity index (χ4v) is 3.90. The average Bonchev–Trinajstić information content (AvgIpc) is 2.87. The molecule has 0 spiro atoms. The van der Waals surface area contributed by atoms with E-state index in [0.29, 0.717) is 5.75 Å². The molecule has 0 heterocycles. The maximum atomic E-state index is 13.1. The molecule has 0 aliphatic rings. The standard InChI is InChI=1S/C24H37N7O7S/c1-39-11-9-17(23(37)38)30-22(36)18(13-19(32)33)31-21(35)16(8-5-10-28-24(26)27)29-20(34)15(25)12-14-6-3-2-4-7-14/h2-4,6-7,15-18H,5,8-13,25H2,1H3,(H,29,34)(H,30,36)(H,31,35)(H,32,33)(H,37,38)(H4,26,27,28). The maximum absolute atomic E-state index is 13.1. The summed E-state index contributed by atoms with van der Waals surface area (Å²) in [6.07, 6.45) is 1.55. The third kappa shape index (κ3) is 13.5. The summed E-state index contributed by atoms with van der Waals surface area (Å²) in [7, 11) is 0. The predicted octanol–water partition coefficient (Wildman–Crippen LogP) is -1.62. The Morgan fingerprint density at radius 3 is 2.05 bits per heavy atom. The van der Waals surface area contributed by atoms with Crippen LogP contribution in [-0.2, 0) is 30.4 Å². The third-order valence-electron chi connectivity index (χ3n) is 5.45. The van der Waals surface area contributed by atoms with Gasteiger partial charge in [0.15, 0.2) is 5.96 Å². The van der Waals surface area contributed by atoms with Crippen LogP contribution in [0.4, 0.5) is 0 Å². The second kappa shape index (κ2) is 17.6. The van der Waals surface area contributed by atoms with Crippen molar-refractivity contribution in [1.82, 2.24) is 16.0 Å². The molecule has 216 valence electrons. The molecule has 0 aliphatic carbocycles. The average molecular weight is 568 g/mol. The maximum Gasteiger partial charge on any atom is 0.326 e. The highest BCUT2D eigenvalue weighted by atomic mass is 32.2. The number of rotatable bonds is 18. The molecule has 0 saturated heterocycles. The number of aliphatic carboxylic acids is 2. The number of carbonyl (C=O) groups is 5. The molecular weight excluding hydrogens is 530 g/mol. The topological polar surface area (TPSA) is 252 Å². The van der Waals surface area contributed by atoms with Gasteiger partial charge >= 0.3 is 11.9 Å². The Balaban J connectivity index is 3.02. The van der Waals surface area contributed by atoms with Crippen LogP contribution in [0.3, 0.4) is 0 Å². The lowest BCUT2D eigenvalue weighted by Crippen LogP contribution is -2.57. The first kappa shape index (κ1) is 33.2. The molecule has 0 aliphatic heterocycles. The number of carbonyl (C=O) groups excluding carboxylic acids is 3. The molecule has 1 aromatic rings. The van der Waals surface area contributed by atoms with Crippen LogP contribution in [-0.4, -0.2) is 88.6 Å². The Hall–Kier alpha value is -3.85. The van der Waals surface area contributed by atoms with Crippen molar-refractivity contribution >= 4 is 47.4 Å². The number of hydrogen-bond donors (Lipinski definition) is 8. The molecule has 0 radical (unpaired) electrons. The summed E-state index contributed by atoms with van der Waals surface area (Å²) in [4.78, 5) is 65.4. The molecule has 0 aromatic heterocycles. The van der Waals surface area contributed by atoms with Gasteiger partial charge in [0.2, 0.25) is 17.7 Å². The fourth-order valence-electron chi connectivity index (χ4n) is 3.43. The van der Waals surface area contributed by atoms with Gasteiger partial charge in [-0.25, -0.2) is 4.79 Å². The molecule has 0 saturated carbocycles. The van der Waals surface area contributed by atoms with Crippen LogP contribution < -0.4 is 33.2 Å². The first-order chi connectivity index (χ1) is 18.4. The number of nitrogens with zero attached hydrogens (tertiary/aromatic N) is 1. The summed E-state index contributed by atoms with van der Waals surface area (Å²) < 4.78 is 0. The number of aliphatic imine (C=N–C) groups is 1. The minimum Gasteiger partial charge on any atom is -0.481 e. The number of carboxylic acid groups (broad SMARTS) is 2. The van der Waals surface area contributed by atoms with Crippen molar-refractivity contribution in [2.45, 2.75) is 56.3 Å². The highest BCUT2D eigenvalue weighted by Gasteiger charge is 2.31. The summed E-state index contributed by atoms with van der Waals surface area (Å²) in [5, 5.41) is 25.8. The van der Waals surface area contributed by atoms with E-state index in [1.165, 1.54) is 11.8 Å². The lowest BCUT2D eigenvalue weighted by Gasteiger charge is -2.24. The minimum atomic E-state index is -1.60. The molecule has 39 heavy (non-hydrogen) atoms. The van der Waals surface area contributed by atoms with E-state index in [1.807, 2.05) is 6.07 Å². The number of nitrogens with two attached hydrogens (primary N) is 3. The van der Waals surface area contributed by atoms with Crippen molar-refractivity contribution in [3.8, 4) is 0 Å². The molecule has 4 atom stereocenters. The highest BCUT2D eigenvalue weighted by Crippen LogP contribution is 2.07. The number of amides is 3. The number of nitrogens with one attached hydrogen (secondary N) is 3. The van der Waals surface area contributed by atoms with Crippen molar-refractivity contribution in [1.29, 1.82) is 0 Å². The first-order valence-corrected chi connectivity index (χ1v) is 13.5. The first-order valence-electron chi connectivity index (χ1n) is 12.1. The zero-order valence-corrected chi connectivity index (χ0v) is 22.5. The second-order valence-corrected chi connectivity index (χ2v) is 9.63. The quantitative estimate of drug-likeness (QED) is 0.0568. The van der Waals surface area contributed by atoms with E-state index >= 15 is 0 Å². The van der Waals surface area contributed by atoms with Gasteiger partial charge in [-0.05, 0) is 43.3 Å². The van der Waals surface area contributed by atoms with Gasteiger partial charge in [-0.3, -0.25) is 24.2 Å². The van der Waals surface area contributed by atoms with E-state index < -0.39 is 60.2 Å². The van der Waals surface area contributed by atoms with E-state index in [0.717, 1.165) is 5.56 Å². The summed E-state index contributed by atoms with van der Waals surface area (Å²) >= 11 is 1.37. The van der Waals surface area contributed by atoms with Crippen molar-refractivity contribution in [3.05, 3.63) is 35.9 Å². The third-order valence-corrected chi connectivity index (χ3v) is 6.09. The molecule has 0 fully saturated rings. The van der Waals surface area contributed by atoms with Gasteiger partial charge in [0.1, 0.15) is 18.1 Å². The Bertz CT molecular complexity index is 1010. The Morgan fingerprint density at radius 1 is 0.897 bits per heavy atom. The number of guanidine groups is 1. The summed E-state index contributed by atoms with van der Waals surface area (Å²) in [6.45, 7) is 0.146. The van der Waals surface area contributed by atoms with E-state index in [9.17, 15) is 34.2 Å². The zero-order chi connectivity index (χ0) is 29.4. The predicted molar refractivity (Wildman–Crippen MR) is 147 cm³/mol. The Labute approximate surface area is 230 Å². The summed E-state index contributed by atoms with van der Waals surface area (Å²) in [5.41, 5.74) is 17.5. The molecule has 4 unspecified atom stereocenters. The highest BCUT2D eigenvalue weighted by molar-refractivity contribution is 7.98. The Kier molecular flexibility index (Phi) is 15.0. The van der Waals surface area contributed by atoms with E-state index in [1.54, 1.807) is 30.5 Å². The normalized spacial score (nSPS) is 13.7. The zero-order valence-electron chi connectivity index (χ0n) is 21.7. The van der Waals surface area contributed by atoms with Crippen LogP contribution >= 0.6 is 11.8 Å². The lowest BCUT2D eigenvalue weighted by molar-refractivity contribution is -0.143. The van der Waals surface area contributed by atoms with Crippen LogP contribution in [0.5, 0.6) is 0 Å². The number of carboxylic acids is 2. The molecule has 11 N–H and O–H groups in total. The van der Waals surface area contributed by atoms with Crippen LogP contribution in [0.2, 0.25) is 0 Å².